The van der Waals surface area contributed by atoms with Gasteiger partial charge in [-0.1, -0.05) is 5.16 Å². The van der Waals surface area contributed by atoms with E-state index < -0.39 is 39.3 Å². The number of aryl methyl sites for hydroxylation is 2. The summed E-state index contributed by atoms with van der Waals surface area (Å²) in [6.45, 7) is 4.21. The topological polar surface area (TPSA) is 144 Å². The third-order valence-electron chi connectivity index (χ3n) is 3.46. The van der Waals surface area contributed by atoms with Gasteiger partial charge in [-0.05, 0) is 39.0 Å². The summed E-state index contributed by atoms with van der Waals surface area (Å²) in [5.74, 6) is -2.46. The van der Waals surface area contributed by atoms with Crippen molar-refractivity contribution in [2.24, 2.45) is 5.73 Å². The first-order valence-electron chi connectivity index (χ1n) is 7.38. The summed E-state index contributed by atoms with van der Waals surface area (Å²) >= 11 is 0. The predicted molar refractivity (Wildman–Crippen MR) is 89.3 cm³/mol. The molecule has 2 aromatic rings. The van der Waals surface area contributed by atoms with Gasteiger partial charge in [0.25, 0.3) is 5.91 Å². The largest absolute Gasteiger partial charge is 0.366 e. The number of carbonyl (C=O) groups excluding carboxylic acids is 2. The van der Waals surface area contributed by atoms with Crippen molar-refractivity contribution < 1.29 is 26.9 Å². The quantitative estimate of drug-likeness (QED) is 0.673. The Balaban J connectivity index is 2.16. The van der Waals surface area contributed by atoms with Crippen molar-refractivity contribution in [3.63, 3.8) is 0 Å². The Kier molecular flexibility index (Phi) is 5.42. The third kappa shape index (κ3) is 4.06. The van der Waals surface area contributed by atoms with E-state index in [0.717, 1.165) is 12.1 Å². The maximum absolute atomic E-state index is 13.5. The molecule has 0 fully saturated rings. The fourth-order valence-corrected chi connectivity index (χ4v) is 3.78. The van der Waals surface area contributed by atoms with E-state index in [0.29, 0.717) is 0 Å². The zero-order chi connectivity index (χ0) is 19.6. The Morgan fingerprint density at radius 3 is 2.50 bits per heavy atom. The van der Waals surface area contributed by atoms with Crippen molar-refractivity contribution in [2.45, 2.75) is 31.7 Å². The number of anilines is 1. The van der Waals surface area contributed by atoms with Gasteiger partial charge in [0, 0.05) is 5.69 Å². The van der Waals surface area contributed by atoms with Crippen LogP contribution in [0.4, 0.5) is 10.1 Å². The second-order valence-corrected chi connectivity index (χ2v) is 7.20. The van der Waals surface area contributed by atoms with Crippen LogP contribution in [0.3, 0.4) is 0 Å². The number of halogens is 1. The van der Waals surface area contributed by atoms with Crippen LogP contribution >= 0.6 is 0 Å². The molecule has 2 amide bonds. The summed E-state index contributed by atoms with van der Waals surface area (Å²) in [4.78, 5) is 23.2. The lowest BCUT2D eigenvalue weighted by molar-refractivity contribution is -0.117. The molecule has 1 atom stereocenters. The molecule has 0 unspecified atom stereocenters. The minimum Gasteiger partial charge on any atom is -0.366 e. The number of rotatable bonds is 6. The van der Waals surface area contributed by atoms with Gasteiger partial charge in [0.15, 0.2) is 5.76 Å². The van der Waals surface area contributed by atoms with Gasteiger partial charge in [-0.2, -0.15) is 4.72 Å². The van der Waals surface area contributed by atoms with Crippen LogP contribution in [-0.4, -0.2) is 31.4 Å². The van der Waals surface area contributed by atoms with Gasteiger partial charge in [0.05, 0.1) is 11.6 Å². The SMILES string of the molecule is Cc1noc(C)c1S(=O)(=O)N[C@@H](C)C(=O)Nc1ccc(F)c(C(N)=O)c1. The normalized spacial score (nSPS) is 12.6. The first-order valence-corrected chi connectivity index (χ1v) is 8.86. The number of nitrogens with zero attached hydrogens (tertiary/aromatic N) is 1. The number of aromatic nitrogens is 1. The molecule has 0 aliphatic carbocycles. The highest BCUT2D eigenvalue weighted by Crippen LogP contribution is 2.19. The molecule has 0 saturated carbocycles. The lowest BCUT2D eigenvalue weighted by Gasteiger charge is -2.14. The van der Waals surface area contributed by atoms with Gasteiger partial charge >= 0.3 is 0 Å². The van der Waals surface area contributed by atoms with Crippen LogP contribution in [-0.2, 0) is 14.8 Å². The summed E-state index contributed by atoms with van der Waals surface area (Å²) in [5, 5.41) is 5.94. The van der Waals surface area contributed by atoms with Crippen LogP contribution in [0.25, 0.3) is 0 Å². The molecule has 2 rings (SSSR count). The number of nitrogens with one attached hydrogen (secondary N) is 2. The van der Waals surface area contributed by atoms with Gasteiger partial charge in [0.1, 0.15) is 16.4 Å². The average Bonchev–Trinajstić information content (AvgIpc) is 2.88. The molecule has 0 radical (unpaired) electrons. The number of hydrogen-bond acceptors (Lipinski definition) is 6. The molecular weight excluding hydrogens is 367 g/mol. The second kappa shape index (κ2) is 7.22. The van der Waals surface area contributed by atoms with Gasteiger partial charge < -0.3 is 15.6 Å². The van der Waals surface area contributed by atoms with E-state index in [-0.39, 0.29) is 22.0 Å². The van der Waals surface area contributed by atoms with Gasteiger partial charge in [-0.25, -0.2) is 12.8 Å². The minimum absolute atomic E-state index is 0.0900. The fraction of sp³-hybridized carbons (Fsp3) is 0.267. The molecule has 0 spiro atoms. The summed E-state index contributed by atoms with van der Waals surface area (Å²) in [6.07, 6.45) is 0. The molecule has 140 valence electrons. The van der Waals surface area contributed by atoms with Crippen LogP contribution in [0.2, 0.25) is 0 Å². The number of primary amides is 1. The first kappa shape index (κ1) is 19.5. The Labute approximate surface area is 148 Å². The maximum Gasteiger partial charge on any atom is 0.251 e. The van der Waals surface area contributed by atoms with Crippen LogP contribution in [0.15, 0.2) is 27.6 Å². The van der Waals surface area contributed by atoms with Gasteiger partial charge in [0.2, 0.25) is 15.9 Å². The first-order chi connectivity index (χ1) is 12.0. The molecule has 4 N–H and O–H groups in total. The van der Waals surface area contributed by atoms with Crippen molar-refractivity contribution in [2.75, 3.05) is 5.32 Å². The van der Waals surface area contributed by atoms with E-state index in [2.05, 4.69) is 15.2 Å². The Bertz CT molecular complexity index is 951. The summed E-state index contributed by atoms with van der Waals surface area (Å²) in [6, 6.07) is 2.07. The van der Waals surface area contributed by atoms with Crippen LogP contribution in [0.1, 0.15) is 28.7 Å². The van der Waals surface area contributed by atoms with E-state index in [1.54, 1.807) is 0 Å². The zero-order valence-corrected chi connectivity index (χ0v) is 15.0. The lowest BCUT2D eigenvalue weighted by Crippen LogP contribution is -2.41. The van der Waals surface area contributed by atoms with Crippen molar-refractivity contribution in [1.29, 1.82) is 0 Å². The number of hydrogen-bond donors (Lipinski definition) is 3. The number of amides is 2. The van der Waals surface area contributed by atoms with Crippen molar-refractivity contribution in [1.82, 2.24) is 9.88 Å². The standard InChI is InChI=1S/C15H17FN4O5S/c1-7-13(9(3)25-19-7)26(23,24)20-8(2)15(22)18-10-4-5-12(16)11(6-10)14(17)21/h4-6,8,20H,1-3H3,(H2,17,21)(H,18,22)/t8-/m0/s1. The van der Waals surface area contributed by atoms with E-state index in [1.807, 2.05) is 0 Å². The highest BCUT2D eigenvalue weighted by Gasteiger charge is 2.28. The zero-order valence-electron chi connectivity index (χ0n) is 14.2. The molecule has 1 aromatic heterocycles. The maximum atomic E-state index is 13.5. The summed E-state index contributed by atoms with van der Waals surface area (Å²) < 4.78 is 45.2. The molecule has 9 nitrogen and oxygen atoms in total. The van der Waals surface area contributed by atoms with E-state index in [9.17, 15) is 22.4 Å². The van der Waals surface area contributed by atoms with E-state index in [1.165, 1.54) is 26.8 Å². The molecule has 11 heteroatoms. The fourth-order valence-electron chi connectivity index (χ4n) is 2.25. The van der Waals surface area contributed by atoms with Crippen molar-refractivity contribution in [3.05, 3.63) is 41.0 Å². The lowest BCUT2D eigenvalue weighted by atomic mass is 10.1. The number of sulfonamides is 1. The predicted octanol–water partition coefficient (Wildman–Crippen LogP) is 0.835. The minimum atomic E-state index is -4.04. The monoisotopic (exact) mass is 384 g/mol. The second-order valence-electron chi connectivity index (χ2n) is 5.54. The van der Waals surface area contributed by atoms with Crippen LogP contribution in [0, 0.1) is 19.7 Å². The molecule has 0 saturated heterocycles. The van der Waals surface area contributed by atoms with Gasteiger partial charge in [-0.3, -0.25) is 9.59 Å². The Morgan fingerprint density at radius 2 is 1.96 bits per heavy atom. The van der Waals surface area contributed by atoms with E-state index >= 15 is 0 Å². The summed E-state index contributed by atoms with van der Waals surface area (Å²) in [5.41, 5.74) is 4.90. The number of benzene rings is 1. The summed E-state index contributed by atoms with van der Waals surface area (Å²) in [7, 11) is -4.04. The average molecular weight is 384 g/mol. The highest BCUT2D eigenvalue weighted by molar-refractivity contribution is 7.89. The van der Waals surface area contributed by atoms with Gasteiger partial charge in [-0.15, -0.1) is 0 Å². The van der Waals surface area contributed by atoms with E-state index in [4.69, 9.17) is 10.3 Å². The molecule has 1 heterocycles. The third-order valence-corrected chi connectivity index (χ3v) is 5.25. The Hall–Kier alpha value is -2.79. The van der Waals surface area contributed by atoms with Crippen LogP contribution < -0.4 is 15.8 Å². The molecule has 1 aromatic carbocycles. The molecule has 0 aliphatic rings. The van der Waals surface area contributed by atoms with Crippen molar-refractivity contribution in [3.8, 4) is 0 Å². The molecule has 0 aliphatic heterocycles. The van der Waals surface area contributed by atoms with Crippen molar-refractivity contribution >= 4 is 27.5 Å². The molecular formula is C15H17FN4O5S. The smallest absolute Gasteiger partial charge is 0.251 e. The highest BCUT2D eigenvalue weighted by atomic mass is 32.2. The molecule has 26 heavy (non-hydrogen) atoms. The number of nitrogens with two attached hydrogens (primary N) is 1. The Morgan fingerprint density at radius 1 is 1.31 bits per heavy atom. The van der Waals surface area contributed by atoms with Crippen LogP contribution in [0.5, 0.6) is 0 Å². The molecule has 0 bridgehead atoms. The number of carbonyl (C=O) groups is 2.